The van der Waals surface area contributed by atoms with Crippen molar-refractivity contribution in [3.8, 4) is 0 Å². The molecule has 0 atom stereocenters. The Bertz CT molecular complexity index is 393. The number of aryl methyl sites for hydroxylation is 1. The minimum absolute atomic E-state index is 0.0765. The van der Waals surface area contributed by atoms with Crippen molar-refractivity contribution in [1.82, 2.24) is 9.78 Å². The highest BCUT2D eigenvalue weighted by Crippen LogP contribution is 2.27. The number of nitrogens with one attached hydrogen (secondary N) is 1. The first kappa shape index (κ1) is 12.1. The number of amides is 1. The molecule has 1 fully saturated rings. The third kappa shape index (κ3) is 2.49. The Kier molecular flexibility index (Phi) is 3.47. The fourth-order valence-electron chi connectivity index (χ4n) is 2.34. The lowest BCUT2D eigenvalue weighted by molar-refractivity contribution is -0.122. The molecule has 17 heavy (non-hydrogen) atoms. The molecule has 5 heteroatoms. The van der Waals surface area contributed by atoms with Gasteiger partial charge in [-0.3, -0.25) is 4.79 Å². The van der Waals surface area contributed by atoms with E-state index in [1.807, 2.05) is 6.92 Å². The van der Waals surface area contributed by atoms with Crippen LogP contribution in [0.4, 0.5) is 5.82 Å². The summed E-state index contributed by atoms with van der Waals surface area (Å²) < 4.78 is 1.75. The van der Waals surface area contributed by atoms with E-state index in [9.17, 15) is 4.79 Å². The highest BCUT2D eigenvalue weighted by atomic mass is 16.2. The van der Waals surface area contributed by atoms with Crippen molar-refractivity contribution in [3.63, 3.8) is 0 Å². The van der Waals surface area contributed by atoms with Gasteiger partial charge >= 0.3 is 0 Å². The second kappa shape index (κ2) is 4.87. The van der Waals surface area contributed by atoms with Crippen LogP contribution in [0.2, 0.25) is 0 Å². The van der Waals surface area contributed by atoms with Gasteiger partial charge in [-0.05, 0) is 19.8 Å². The first-order chi connectivity index (χ1) is 8.15. The van der Waals surface area contributed by atoms with E-state index in [2.05, 4.69) is 10.4 Å². The minimum Gasteiger partial charge on any atom is -0.317 e. The van der Waals surface area contributed by atoms with Crippen LogP contribution in [0, 0.1) is 0 Å². The Morgan fingerprint density at radius 3 is 2.88 bits per heavy atom. The monoisotopic (exact) mass is 236 g/mol. The predicted molar refractivity (Wildman–Crippen MR) is 66.5 cm³/mol. The number of carbonyl (C=O) groups is 1. The summed E-state index contributed by atoms with van der Waals surface area (Å²) in [4.78, 5) is 12.2. The van der Waals surface area contributed by atoms with Crippen molar-refractivity contribution in [2.45, 2.75) is 51.1 Å². The Labute approximate surface area is 101 Å². The second-order valence-electron chi connectivity index (χ2n) is 4.70. The van der Waals surface area contributed by atoms with E-state index >= 15 is 0 Å². The fraction of sp³-hybridized carbons (Fsp3) is 0.667. The first-order valence-electron chi connectivity index (χ1n) is 6.28. The average molecular weight is 236 g/mol. The minimum atomic E-state index is -0.693. The lowest BCUT2D eigenvalue weighted by Crippen LogP contribution is -2.52. The van der Waals surface area contributed by atoms with Gasteiger partial charge in [-0.2, -0.15) is 5.10 Å². The molecule has 0 bridgehead atoms. The van der Waals surface area contributed by atoms with Crippen LogP contribution in [-0.4, -0.2) is 21.2 Å². The molecule has 1 aliphatic carbocycles. The third-order valence-electron chi connectivity index (χ3n) is 3.46. The van der Waals surface area contributed by atoms with Crippen molar-refractivity contribution in [3.05, 3.63) is 12.3 Å². The molecule has 0 saturated heterocycles. The van der Waals surface area contributed by atoms with Gasteiger partial charge in [0.1, 0.15) is 5.82 Å². The zero-order chi connectivity index (χ0) is 12.3. The molecule has 1 aliphatic rings. The molecular formula is C12H20N4O. The SMILES string of the molecule is CCn1nccc1NC(=O)C1(N)CCCCC1. The smallest absolute Gasteiger partial charge is 0.245 e. The molecule has 0 aromatic carbocycles. The lowest BCUT2D eigenvalue weighted by atomic mass is 9.82. The zero-order valence-corrected chi connectivity index (χ0v) is 10.3. The largest absolute Gasteiger partial charge is 0.317 e. The summed E-state index contributed by atoms with van der Waals surface area (Å²) >= 11 is 0. The summed E-state index contributed by atoms with van der Waals surface area (Å²) in [6.07, 6.45) is 6.49. The molecule has 0 aliphatic heterocycles. The topological polar surface area (TPSA) is 72.9 Å². The number of hydrogen-bond acceptors (Lipinski definition) is 3. The Balaban J connectivity index is 2.05. The van der Waals surface area contributed by atoms with Gasteiger partial charge in [0, 0.05) is 12.6 Å². The van der Waals surface area contributed by atoms with E-state index < -0.39 is 5.54 Å². The highest BCUT2D eigenvalue weighted by Gasteiger charge is 2.35. The Morgan fingerprint density at radius 1 is 1.53 bits per heavy atom. The molecule has 2 rings (SSSR count). The van der Waals surface area contributed by atoms with Gasteiger partial charge in [0.2, 0.25) is 5.91 Å². The van der Waals surface area contributed by atoms with Crippen LogP contribution in [0.3, 0.4) is 0 Å². The Morgan fingerprint density at radius 2 is 2.24 bits per heavy atom. The van der Waals surface area contributed by atoms with Gasteiger partial charge in [-0.1, -0.05) is 19.3 Å². The molecule has 1 aromatic rings. The van der Waals surface area contributed by atoms with E-state index in [1.54, 1.807) is 16.9 Å². The van der Waals surface area contributed by atoms with Gasteiger partial charge in [0.05, 0.1) is 11.7 Å². The summed E-state index contributed by atoms with van der Waals surface area (Å²) in [5.74, 6) is 0.653. The quantitative estimate of drug-likeness (QED) is 0.835. The van der Waals surface area contributed by atoms with Crippen LogP contribution in [-0.2, 0) is 11.3 Å². The molecule has 1 saturated carbocycles. The molecule has 0 radical (unpaired) electrons. The van der Waals surface area contributed by atoms with Gasteiger partial charge in [-0.15, -0.1) is 0 Å². The number of rotatable bonds is 3. The second-order valence-corrected chi connectivity index (χ2v) is 4.70. The summed E-state index contributed by atoms with van der Waals surface area (Å²) in [6.45, 7) is 2.72. The maximum atomic E-state index is 12.2. The first-order valence-corrected chi connectivity index (χ1v) is 6.28. The average Bonchev–Trinajstić information content (AvgIpc) is 2.77. The standard InChI is InChI=1S/C12H20N4O/c1-2-16-10(6-9-14-16)15-11(17)12(13)7-4-3-5-8-12/h6,9H,2-5,7-8,13H2,1H3,(H,15,17). The van der Waals surface area contributed by atoms with Gasteiger partial charge in [-0.25, -0.2) is 4.68 Å². The predicted octanol–water partition coefficient (Wildman–Crippen LogP) is 1.50. The summed E-state index contributed by atoms with van der Waals surface area (Å²) in [5.41, 5.74) is 5.48. The van der Waals surface area contributed by atoms with Crippen molar-refractivity contribution in [2.75, 3.05) is 5.32 Å². The van der Waals surface area contributed by atoms with Gasteiger partial charge in [0.25, 0.3) is 0 Å². The number of hydrogen-bond donors (Lipinski definition) is 2. The van der Waals surface area contributed by atoms with Crippen LogP contribution in [0.25, 0.3) is 0 Å². The number of anilines is 1. The molecule has 3 N–H and O–H groups in total. The molecule has 0 unspecified atom stereocenters. The summed E-state index contributed by atoms with van der Waals surface area (Å²) in [5, 5.41) is 7.00. The van der Waals surface area contributed by atoms with Crippen molar-refractivity contribution >= 4 is 11.7 Å². The molecule has 1 amide bonds. The van der Waals surface area contributed by atoms with Crippen LogP contribution in [0.15, 0.2) is 12.3 Å². The number of nitrogens with zero attached hydrogens (tertiary/aromatic N) is 2. The fourth-order valence-corrected chi connectivity index (χ4v) is 2.34. The van der Waals surface area contributed by atoms with Crippen molar-refractivity contribution in [1.29, 1.82) is 0 Å². The maximum Gasteiger partial charge on any atom is 0.245 e. The number of aromatic nitrogens is 2. The van der Waals surface area contributed by atoms with E-state index in [0.29, 0.717) is 0 Å². The molecule has 0 spiro atoms. The Hall–Kier alpha value is -1.36. The van der Waals surface area contributed by atoms with Gasteiger partial charge in [0.15, 0.2) is 0 Å². The van der Waals surface area contributed by atoms with Crippen LogP contribution >= 0.6 is 0 Å². The number of nitrogens with two attached hydrogens (primary N) is 1. The van der Waals surface area contributed by atoms with Crippen molar-refractivity contribution in [2.24, 2.45) is 5.73 Å². The molecule has 1 heterocycles. The normalized spacial score (nSPS) is 18.9. The highest BCUT2D eigenvalue weighted by molar-refractivity contribution is 5.97. The molecular weight excluding hydrogens is 216 g/mol. The van der Waals surface area contributed by atoms with E-state index in [-0.39, 0.29) is 5.91 Å². The van der Waals surface area contributed by atoms with Crippen LogP contribution in [0.1, 0.15) is 39.0 Å². The van der Waals surface area contributed by atoms with Gasteiger partial charge < -0.3 is 11.1 Å². The zero-order valence-electron chi connectivity index (χ0n) is 10.3. The third-order valence-corrected chi connectivity index (χ3v) is 3.46. The van der Waals surface area contributed by atoms with Crippen LogP contribution < -0.4 is 11.1 Å². The number of carbonyl (C=O) groups excluding carboxylic acids is 1. The van der Waals surface area contributed by atoms with E-state index in [0.717, 1.165) is 38.0 Å². The van der Waals surface area contributed by atoms with Crippen molar-refractivity contribution < 1.29 is 4.79 Å². The summed E-state index contributed by atoms with van der Waals surface area (Å²) in [7, 11) is 0. The molecule has 94 valence electrons. The van der Waals surface area contributed by atoms with E-state index in [1.165, 1.54) is 6.42 Å². The lowest BCUT2D eigenvalue weighted by Gasteiger charge is -2.31. The molecule has 1 aromatic heterocycles. The molecule has 5 nitrogen and oxygen atoms in total. The van der Waals surface area contributed by atoms with Crippen LogP contribution in [0.5, 0.6) is 0 Å². The maximum absolute atomic E-state index is 12.2. The van der Waals surface area contributed by atoms with E-state index in [4.69, 9.17) is 5.73 Å². The summed E-state index contributed by atoms with van der Waals surface area (Å²) in [6, 6.07) is 1.80.